The molecule has 15 heteroatoms. The van der Waals surface area contributed by atoms with Gasteiger partial charge in [-0.3, -0.25) is 5.32 Å². The first kappa shape index (κ1) is 21.5. The summed E-state index contributed by atoms with van der Waals surface area (Å²) in [5, 5.41) is 4.90. The lowest BCUT2D eigenvalue weighted by Crippen LogP contribution is -2.51. The molecule has 3 heterocycles. The van der Waals surface area contributed by atoms with Crippen molar-refractivity contribution in [1.82, 2.24) is 14.8 Å². The third-order valence-electron chi connectivity index (χ3n) is 4.03. The summed E-state index contributed by atoms with van der Waals surface area (Å²) in [5.41, 5.74) is 1.99. The summed E-state index contributed by atoms with van der Waals surface area (Å²) in [5.74, 6) is -5.87. The monoisotopic (exact) mass is 454 g/mol. The van der Waals surface area contributed by atoms with Gasteiger partial charge in [-0.15, -0.1) is 5.10 Å². The molecule has 1 atom stereocenters. The molecule has 0 fully saturated rings. The van der Waals surface area contributed by atoms with Gasteiger partial charge in [0.1, 0.15) is 22.4 Å². The molecule has 9 nitrogen and oxygen atoms in total. The number of carbonyl (C=O) groups excluding carboxylic acids is 1. The number of aliphatic imine (C=N–C) groups is 1. The van der Waals surface area contributed by atoms with E-state index in [-0.39, 0.29) is 4.68 Å². The highest BCUT2D eigenvalue weighted by molar-refractivity contribution is 6.31. The molecule has 0 unspecified atom stereocenters. The number of ether oxygens (including phenoxy) is 2. The largest absolute Gasteiger partial charge is 0.459 e. The number of hydrogen-bond donors (Lipinski definition) is 2. The lowest BCUT2D eigenvalue weighted by Gasteiger charge is -2.36. The number of halogens is 6. The Hall–Kier alpha value is -3.16. The van der Waals surface area contributed by atoms with Crippen molar-refractivity contribution in [3.63, 3.8) is 0 Å². The van der Waals surface area contributed by atoms with Gasteiger partial charge in [-0.25, -0.2) is 23.8 Å². The van der Waals surface area contributed by atoms with Gasteiger partial charge in [-0.1, -0.05) is 11.6 Å². The molecule has 1 aliphatic rings. The quantitative estimate of drug-likeness (QED) is 0.685. The minimum atomic E-state index is -3.68. The van der Waals surface area contributed by atoms with Crippen molar-refractivity contribution in [1.29, 1.82) is 0 Å². The molecule has 1 amide bonds. The fourth-order valence-corrected chi connectivity index (χ4v) is 2.64. The molecule has 0 aromatic carbocycles. The van der Waals surface area contributed by atoms with Crippen molar-refractivity contribution in [2.24, 2.45) is 10.7 Å². The Morgan fingerprint density at radius 1 is 1.43 bits per heavy atom. The molecule has 2 aromatic heterocycles. The van der Waals surface area contributed by atoms with Gasteiger partial charge in [0.05, 0.1) is 6.20 Å². The number of amidine groups is 1. The van der Waals surface area contributed by atoms with Gasteiger partial charge in [0.25, 0.3) is 11.9 Å². The molecule has 0 spiro atoms. The number of aromatic nitrogens is 3. The maximum Gasteiger partial charge on any atom is 0.419 e. The van der Waals surface area contributed by atoms with Crippen LogP contribution in [0, 0.1) is 5.82 Å². The lowest BCUT2D eigenvalue weighted by molar-refractivity contribution is -0.118. The third-order valence-corrected chi connectivity index (χ3v) is 4.29. The van der Waals surface area contributed by atoms with E-state index in [0.717, 1.165) is 25.3 Å². The van der Waals surface area contributed by atoms with Crippen molar-refractivity contribution in [3.05, 3.63) is 34.9 Å². The molecule has 0 radical (unpaired) electrons. The van der Waals surface area contributed by atoms with Crippen LogP contribution < -0.4 is 15.8 Å². The number of hydrogen-bond acceptors (Lipinski definition) is 7. The number of rotatable bonds is 4. The van der Waals surface area contributed by atoms with E-state index in [4.69, 9.17) is 17.3 Å². The minimum absolute atomic E-state index is 0.148. The van der Waals surface area contributed by atoms with Crippen molar-refractivity contribution < 1.29 is 36.2 Å². The average molecular weight is 455 g/mol. The molecule has 0 aliphatic carbocycles. The number of carbonyl (C=O) groups is 1. The predicted molar refractivity (Wildman–Crippen MR) is 92.2 cm³/mol. The van der Waals surface area contributed by atoms with E-state index in [1.54, 1.807) is 0 Å². The van der Waals surface area contributed by atoms with Crippen LogP contribution in [-0.2, 0) is 10.3 Å². The van der Waals surface area contributed by atoms with Gasteiger partial charge in [0, 0.05) is 0 Å². The van der Waals surface area contributed by atoms with Gasteiger partial charge in [-0.2, -0.15) is 17.6 Å². The van der Waals surface area contributed by atoms with Gasteiger partial charge in [-0.05, 0) is 19.1 Å². The van der Waals surface area contributed by atoms with E-state index >= 15 is 0 Å². The molecule has 3 rings (SSSR count). The highest BCUT2D eigenvalue weighted by Crippen LogP contribution is 2.43. The Kier molecular flexibility index (Phi) is 5.45. The fourth-order valence-electron chi connectivity index (χ4n) is 2.46. The van der Waals surface area contributed by atoms with Crippen LogP contribution in [0.5, 0.6) is 5.88 Å². The topological polar surface area (TPSA) is 117 Å². The number of alkyl halides is 4. The number of amides is 1. The Labute approximate surface area is 169 Å². The molecule has 2 aromatic rings. The summed E-state index contributed by atoms with van der Waals surface area (Å²) >= 11 is 5.64. The summed E-state index contributed by atoms with van der Waals surface area (Å²) in [6, 6.07) is 1.12. The van der Waals surface area contributed by atoms with Gasteiger partial charge < -0.3 is 15.2 Å². The van der Waals surface area contributed by atoms with Crippen LogP contribution in [0.2, 0.25) is 5.02 Å². The normalized spacial score (nSPS) is 20.5. The van der Waals surface area contributed by atoms with Crippen molar-refractivity contribution in [2.45, 2.75) is 24.9 Å². The molecule has 0 bridgehead atoms. The maximum atomic E-state index is 14.4. The Balaban J connectivity index is 1.85. The Morgan fingerprint density at radius 2 is 2.13 bits per heavy atom. The standard InChI is InChI=1S/C15H12ClF5N6O3/c1-14(15(20,21)5-29-12(22)25-14)9-7(17)2-3-8(23-9)24-13(28)30-10-6(16)4-27(26-10)11(18)19/h2-4,11H,5H2,1H3,(H2,22,25)(H,23,24,28)/t14-/m1/s1. The zero-order valence-corrected chi connectivity index (χ0v) is 15.6. The number of anilines is 1. The molecular weight excluding hydrogens is 443 g/mol. The second-order valence-corrected chi connectivity index (χ2v) is 6.50. The highest BCUT2D eigenvalue weighted by Gasteiger charge is 2.57. The fraction of sp³-hybridized carbons (Fsp3) is 0.333. The van der Waals surface area contributed by atoms with Crippen LogP contribution in [0.1, 0.15) is 19.2 Å². The summed E-state index contributed by atoms with van der Waals surface area (Å²) in [6.45, 7) is -3.29. The van der Waals surface area contributed by atoms with Crippen LogP contribution in [0.25, 0.3) is 0 Å². The van der Waals surface area contributed by atoms with Gasteiger partial charge >= 0.3 is 18.6 Å². The zero-order valence-electron chi connectivity index (χ0n) is 14.9. The molecule has 30 heavy (non-hydrogen) atoms. The maximum absolute atomic E-state index is 14.4. The van der Waals surface area contributed by atoms with Crippen LogP contribution in [-0.4, -0.2) is 39.4 Å². The van der Waals surface area contributed by atoms with Crippen LogP contribution in [0.4, 0.5) is 32.6 Å². The first-order valence-electron chi connectivity index (χ1n) is 7.97. The first-order valence-corrected chi connectivity index (χ1v) is 8.35. The van der Waals surface area contributed by atoms with Gasteiger partial charge in [0.2, 0.25) is 0 Å². The second kappa shape index (κ2) is 7.59. The van der Waals surface area contributed by atoms with E-state index in [2.05, 4.69) is 24.5 Å². The molecule has 162 valence electrons. The van der Waals surface area contributed by atoms with E-state index in [9.17, 15) is 26.7 Å². The number of nitrogens with zero attached hydrogens (tertiary/aromatic N) is 4. The van der Waals surface area contributed by atoms with Crippen LogP contribution in [0.3, 0.4) is 0 Å². The second-order valence-electron chi connectivity index (χ2n) is 6.10. The minimum Gasteiger partial charge on any atom is -0.459 e. The molecule has 3 N–H and O–H groups in total. The van der Waals surface area contributed by atoms with Crippen molar-refractivity contribution in [2.75, 3.05) is 11.9 Å². The van der Waals surface area contributed by atoms with E-state index in [1.807, 2.05) is 5.32 Å². The highest BCUT2D eigenvalue weighted by atomic mass is 35.5. The summed E-state index contributed by atoms with van der Waals surface area (Å²) < 4.78 is 77.6. The molecule has 1 aliphatic heterocycles. The first-order chi connectivity index (χ1) is 13.9. The zero-order chi connectivity index (χ0) is 22.3. The SMILES string of the molecule is C[C@]1(c2nc(NC(=O)Oc3nn(C(F)F)cc3Cl)ccc2F)N=C(N)OCC1(F)F. The van der Waals surface area contributed by atoms with Crippen LogP contribution in [0.15, 0.2) is 23.3 Å². The van der Waals surface area contributed by atoms with E-state index < -0.39 is 65.0 Å². The Bertz CT molecular complexity index is 1020. The van der Waals surface area contributed by atoms with E-state index in [1.165, 1.54) is 0 Å². The number of nitrogens with one attached hydrogen (secondary N) is 1. The van der Waals surface area contributed by atoms with Crippen molar-refractivity contribution >= 4 is 29.5 Å². The number of pyridine rings is 1. The third kappa shape index (κ3) is 3.94. The van der Waals surface area contributed by atoms with Crippen LogP contribution >= 0.6 is 11.6 Å². The van der Waals surface area contributed by atoms with E-state index in [0.29, 0.717) is 0 Å². The van der Waals surface area contributed by atoms with Gasteiger partial charge in [0.15, 0.2) is 12.1 Å². The molecule has 0 saturated carbocycles. The lowest BCUT2D eigenvalue weighted by atomic mass is 9.89. The summed E-state index contributed by atoms with van der Waals surface area (Å²) in [7, 11) is 0. The summed E-state index contributed by atoms with van der Waals surface area (Å²) in [6.07, 6.45) is -0.576. The summed E-state index contributed by atoms with van der Waals surface area (Å²) in [4.78, 5) is 19.1. The smallest absolute Gasteiger partial charge is 0.419 e. The molecular formula is C15H12ClF5N6O3. The molecule has 0 saturated heterocycles. The average Bonchev–Trinajstić information content (AvgIpc) is 3.01. The predicted octanol–water partition coefficient (Wildman–Crippen LogP) is 3.27. The number of nitrogens with two attached hydrogens (primary N) is 1. The Morgan fingerprint density at radius 3 is 2.77 bits per heavy atom. The van der Waals surface area contributed by atoms with Crippen molar-refractivity contribution in [3.8, 4) is 5.88 Å².